The van der Waals surface area contributed by atoms with Gasteiger partial charge in [0.25, 0.3) is 0 Å². The minimum absolute atomic E-state index is 0.166. The number of phosphoric ester groups is 1. The Morgan fingerprint density at radius 3 is 2.20 bits per heavy atom. The molecule has 0 rings (SSSR count). The molecule has 62 valence electrons. The van der Waals surface area contributed by atoms with Crippen LogP contribution in [0.25, 0.3) is 0 Å². The summed E-state index contributed by atoms with van der Waals surface area (Å²) >= 11 is 0. The maximum absolute atomic E-state index is 11.0. The van der Waals surface area contributed by atoms with E-state index in [2.05, 4.69) is 13.6 Å². The van der Waals surface area contributed by atoms with E-state index in [1.165, 1.54) is 14.2 Å². The molecule has 0 fully saturated rings. The number of hydrogen-bond donors (Lipinski definition) is 1. The van der Waals surface area contributed by atoms with E-state index in [-0.39, 0.29) is 13.2 Å². The first-order valence-corrected chi connectivity index (χ1v) is 4.20. The third-order valence-electron chi connectivity index (χ3n) is 0.814. The third kappa shape index (κ3) is 3.29. The second kappa shape index (κ2) is 4.82. The van der Waals surface area contributed by atoms with Crippen molar-refractivity contribution < 1.29 is 18.1 Å². The second-order valence-electron chi connectivity index (χ2n) is 1.43. The van der Waals surface area contributed by atoms with Crippen molar-refractivity contribution >= 4 is 7.82 Å². The van der Waals surface area contributed by atoms with E-state index in [0.29, 0.717) is 0 Å². The smallest absolute Gasteiger partial charge is 0.328 e. The lowest BCUT2D eigenvalue weighted by Gasteiger charge is -2.11. The second-order valence-corrected chi connectivity index (χ2v) is 3.32. The molecular formula is C4H12NO4P. The predicted molar refractivity (Wildman–Crippen MR) is 36.6 cm³/mol. The van der Waals surface area contributed by atoms with Gasteiger partial charge in [-0.2, -0.15) is 0 Å². The van der Waals surface area contributed by atoms with Crippen molar-refractivity contribution in [3.05, 3.63) is 0 Å². The molecule has 0 aromatic carbocycles. The van der Waals surface area contributed by atoms with E-state index < -0.39 is 7.82 Å². The molecule has 0 aliphatic heterocycles. The van der Waals surface area contributed by atoms with Crippen molar-refractivity contribution in [3.63, 3.8) is 0 Å². The number of hydrogen-bond acceptors (Lipinski definition) is 5. The molecule has 0 unspecified atom stereocenters. The van der Waals surface area contributed by atoms with Gasteiger partial charge in [-0.25, -0.2) is 4.57 Å². The molecule has 0 atom stereocenters. The molecule has 0 saturated carbocycles. The Morgan fingerprint density at radius 2 is 1.90 bits per heavy atom. The normalized spacial score (nSPS) is 11.9. The van der Waals surface area contributed by atoms with Crippen LogP contribution < -0.4 is 5.73 Å². The van der Waals surface area contributed by atoms with Crippen LogP contribution in [0.3, 0.4) is 0 Å². The van der Waals surface area contributed by atoms with Crippen molar-refractivity contribution in [3.8, 4) is 0 Å². The van der Waals surface area contributed by atoms with E-state index in [4.69, 9.17) is 5.73 Å². The fraction of sp³-hybridized carbons (Fsp3) is 1.00. The van der Waals surface area contributed by atoms with Gasteiger partial charge >= 0.3 is 7.82 Å². The molecule has 0 aliphatic rings. The summed E-state index contributed by atoms with van der Waals surface area (Å²) in [6, 6.07) is 0. The first-order chi connectivity index (χ1) is 4.68. The maximum Gasteiger partial charge on any atom is 0.474 e. The predicted octanol–water partition coefficient (Wildman–Crippen LogP) is 0.363. The lowest BCUT2D eigenvalue weighted by molar-refractivity contribution is 0.155. The van der Waals surface area contributed by atoms with Gasteiger partial charge in [-0.3, -0.25) is 13.6 Å². The molecule has 6 heteroatoms. The van der Waals surface area contributed by atoms with Gasteiger partial charge in [0.2, 0.25) is 0 Å². The Hall–Kier alpha value is 0.0700. The standard InChI is InChI=1S/C4H12NO4P/c1-7-10(6,8-2)9-4-3-5/h3-5H2,1-2H3. The average Bonchev–Trinajstić information content (AvgIpc) is 2.00. The first kappa shape index (κ1) is 10.1. The van der Waals surface area contributed by atoms with Gasteiger partial charge in [0, 0.05) is 20.8 Å². The van der Waals surface area contributed by atoms with Crippen LogP contribution in [-0.4, -0.2) is 27.4 Å². The number of rotatable bonds is 5. The molecule has 0 spiro atoms. The molecule has 0 aromatic heterocycles. The van der Waals surface area contributed by atoms with Gasteiger partial charge in [0.05, 0.1) is 6.61 Å². The molecule has 0 radical (unpaired) electrons. The van der Waals surface area contributed by atoms with Crippen molar-refractivity contribution in [2.75, 3.05) is 27.4 Å². The molecule has 0 aliphatic carbocycles. The van der Waals surface area contributed by atoms with Gasteiger partial charge in [-0.15, -0.1) is 0 Å². The summed E-state index contributed by atoms with van der Waals surface area (Å²) in [4.78, 5) is 0. The monoisotopic (exact) mass is 169 g/mol. The van der Waals surface area contributed by atoms with Gasteiger partial charge in [-0.1, -0.05) is 0 Å². The summed E-state index contributed by atoms with van der Waals surface area (Å²) in [7, 11) is -0.776. The quantitative estimate of drug-likeness (QED) is 0.601. The van der Waals surface area contributed by atoms with Gasteiger partial charge < -0.3 is 5.73 Å². The molecule has 10 heavy (non-hydrogen) atoms. The average molecular weight is 169 g/mol. The Kier molecular flexibility index (Phi) is 4.85. The van der Waals surface area contributed by atoms with Gasteiger partial charge in [0.1, 0.15) is 0 Å². The first-order valence-electron chi connectivity index (χ1n) is 2.74. The summed E-state index contributed by atoms with van der Waals surface area (Å²) in [5.41, 5.74) is 5.09. The Balaban J connectivity index is 3.70. The highest BCUT2D eigenvalue weighted by Gasteiger charge is 2.21. The van der Waals surface area contributed by atoms with Crippen molar-refractivity contribution in [1.82, 2.24) is 0 Å². The molecule has 2 N–H and O–H groups in total. The highest BCUT2D eigenvalue weighted by atomic mass is 31.2. The minimum atomic E-state index is -3.28. The largest absolute Gasteiger partial charge is 0.474 e. The molecule has 0 heterocycles. The zero-order chi connectivity index (χ0) is 8.04. The minimum Gasteiger partial charge on any atom is -0.328 e. The fourth-order valence-electron chi connectivity index (χ4n) is 0.344. The van der Waals surface area contributed by atoms with Gasteiger partial charge in [0.15, 0.2) is 0 Å². The Bertz CT molecular complexity index is 120. The zero-order valence-electron chi connectivity index (χ0n) is 6.07. The lowest BCUT2D eigenvalue weighted by atomic mass is 10.8. The molecule has 0 saturated heterocycles. The van der Waals surface area contributed by atoms with Crippen LogP contribution in [-0.2, 0) is 18.1 Å². The summed E-state index contributed by atoms with van der Waals surface area (Å²) in [6.45, 7) is 0.454. The zero-order valence-corrected chi connectivity index (χ0v) is 6.97. The van der Waals surface area contributed by atoms with Crippen molar-refractivity contribution in [1.29, 1.82) is 0 Å². The van der Waals surface area contributed by atoms with Crippen LogP contribution in [0.1, 0.15) is 0 Å². The highest BCUT2D eigenvalue weighted by molar-refractivity contribution is 7.48. The van der Waals surface area contributed by atoms with Crippen LogP contribution in [0.5, 0.6) is 0 Å². The molecule has 0 bridgehead atoms. The van der Waals surface area contributed by atoms with E-state index in [1.807, 2.05) is 0 Å². The maximum atomic E-state index is 11.0. The summed E-state index contributed by atoms with van der Waals surface area (Å²) in [5.74, 6) is 0. The molecule has 0 aromatic rings. The summed E-state index contributed by atoms with van der Waals surface area (Å²) in [5, 5.41) is 0. The van der Waals surface area contributed by atoms with Crippen LogP contribution in [0.4, 0.5) is 0 Å². The van der Waals surface area contributed by atoms with E-state index in [1.54, 1.807) is 0 Å². The Labute approximate surface area is 60.1 Å². The number of nitrogens with two attached hydrogens (primary N) is 1. The van der Waals surface area contributed by atoms with Crippen molar-refractivity contribution in [2.45, 2.75) is 0 Å². The topological polar surface area (TPSA) is 70.8 Å². The molecule has 5 nitrogen and oxygen atoms in total. The van der Waals surface area contributed by atoms with Crippen LogP contribution >= 0.6 is 7.82 Å². The molecular weight excluding hydrogens is 157 g/mol. The SMILES string of the molecule is COP(=O)(OC)OCCN. The Morgan fingerprint density at radius 1 is 1.40 bits per heavy atom. The van der Waals surface area contributed by atoms with Crippen LogP contribution in [0, 0.1) is 0 Å². The van der Waals surface area contributed by atoms with Crippen LogP contribution in [0.2, 0.25) is 0 Å². The lowest BCUT2D eigenvalue weighted by Crippen LogP contribution is -2.08. The van der Waals surface area contributed by atoms with Gasteiger partial charge in [-0.05, 0) is 0 Å². The van der Waals surface area contributed by atoms with E-state index in [0.717, 1.165) is 0 Å². The van der Waals surface area contributed by atoms with Crippen molar-refractivity contribution in [2.24, 2.45) is 5.73 Å². The fourth-order valence-corrected chi connectivity index (χ4v) is 1.03. The van der Waals surface area contributed by atoms with E-state index in [9.17, 15) is 4.57 Å². The summed E-state index contributed by atoms with van der Waals surface area (Å²) in [6.07, 6.45) is 0. The third-order valence-corrected chi connectivity index (χ3v) is 2.21. The highest BCUT2D eigenvalue weighted by Crippen LogP contribution is 2.47. The summed E-state index contributed by atoms with van der Waals surface area (Å²) < 4.78 is 24.5. The van der Waals surface area contributed by atoms with Crippen LogP contribution in [0.15, 0.2) is 0 Å². The molecule has 0 amide bonds. The van der Waals surface area contributed by atoms with E-state index >= 15 is 0 Å². The number of phosphoric acid groups is 1.